The SMILES string of the molecule is COCc1nc(C2CCC(C)C2)nc(N)c1Br. The summed E-state index contributed by atoms with van der Waals surface area (Å²) in [6.45, 7) is 2.74. The van der Waals surface area contributed by atoms with Gasteiger partial charge >= 0.3 is 0 Å². The zero-order chi connectivity index (χ0) is 12.4. The van der Waals surface area contributed by atoms with Crippen LogP contribution in [0.1, 0.15) is 43.6 Å². The van der Waals surface area contributed by atoms with E-state index < -0.39 is 0 Å². The first-order valence-corrected chi connectivity index (χ1v) is 6.71. The highest BCUT2D eigenvalue weighted by atomic mass is 79.9. The Hall–Kier alpha value is -0.680. The average Bonchev–Trinajstić information content (AvgIpc) is 2.71. The number of hydrogen-bond donors (Lipinski definition) is 1. The Labute approximate surface area is 110 Å². The van der Waals surface area contributed by atoms with Crippen LogP contribution < -0.4 is 5.73 Å². The molecule has 94 valence electrons. The molecule has 0 bridgehead atoms. The maximum Gasteiger partial charge on any atom is 0.141 e. The van der Waals surface area contributed by atoms with Gasteiger partial charge in [-0.05, 0) is 41.1 Å². The van der Waals surface area contributed by atoms with Crippen molar-refractivity contribution in [2.75, 3.05) is 12.8 Å². The van der Waals surface area contributed by atoms with Crippen LogP contribution in [0.25, 0.3) is 0 Å². The first-order valence-electron chi connectivity index (χ1n) is 5.92. The first-order chi connectivity index (χ1) is 8.11. The monoisotopic (exact) mass is 299 g/mol. The third-order valence-electron chi connectivity index (χ3n) is 3.30. The molecule has 0 aromatic carbocycles. The van der Waals surface area contributed by atoms with E-state index in [0.717, 1.165) is 34.8 Å². The van der Waals surface area contributed by atoms with E-state index in [1.54, 1.807) is 7.11 Å². The van der Waals surface area contributed by atoms with Crippen molar-refractivity contribution in [1.82, 2.24) is 9.97 Å². The normalized spacial score (nSPS) is 24.2. The molecule has 5 heteroatoms. The Bertz CT molecular complexity index is 411. The van der Waals surface area contributed by atoms with Crippen LogP contribution >= 0.6 is 15.9 Å². The van der Waals surface area contributed by atoms with Gasteiger partial charge < -0.3 is 10.5 Å². The molecule has 0 amide bonds. The molecule has 0 saturated heterocycles. The number of rotatable bonds is 3. The minimum atomic E-state index is 0.455. The van der Waals surface area contributed by atoms with Crippen molar-refractivity contribution >= 4 is 21.7 Å². The van der Waals surface area contributed by atoms with E-state index in [-0.39, 0.29) is 0 Å². The molecule has 1 saturated carbocycles. The number of nitrogens with two attached hydrogens (primary N) is 1. The van der Waals surface area contributed by atoms with Crippen LogP contribution in [0, 0.1) is 5.92 Å². The van der Waals surface area contributed by atoms with Crippen LogP contribution in [0.2, 0.25) is 0 Å². The zero-order valence-corrected chi connectivity index (χ0v) is 11.8. The van der Waals surface area contributed by atoms with Crippen LogP contribution in [-0.4, -0.2) is 17.1 Å². The van der Waals surface area contributed by atoms with Crippen molar-refractivity contribution in [2.24, 2.45) is 5.92 Å². The molecule has 1 aliphatic carbocycles. The minimum absolute atomic E-state index is 0.455. The van der Waals surface area contributed by atoms with E-state index in [1.807, 2.05) is 0 Å². The molecular weight excluding hydrogens is 282 g/mol. The van der Waals surface area contributed by atoms with Crippen molar-refractivity contribution in [3.05, 3.63) is 16.0 Å². The molecule has 1 aliphatic rings. The third-order valence-corrected chi connectivity index (χ3v) is 4.17. The van der Waals surface area contributed by atoms with Crippen molar-refractivity contribution < 1.29 is 4.74 Å². The number of anilines is 1. The summed E-state index contributed by atoms with van der Waals surface area (Å²) in [5.74, 6) is 2.61. The molecule has 2 unspecified atom stereocenters. The van der Waals surface area contributed by atoms with Crippen LogP contribution in [0.4, 0.5) is 5.82 Å². The van der Waals surface area contributed by atoms with Crippen molar-refractivity contribution in [1.29, 1.82) is 0 Å². The molecule has 2 N–H and O–H groups in total. The van der Waals surface area contributed by atoms with Gasteiger partial charge in [0.2, 0.25) is 0 Å². The van der Waals surface area contributed by atoms with E-state index in [0.29, 0.717) is 18.3 Å². The molecule has 17 heavy (non-hydrogen) atoms. The summed E-state index contributed by atoms with van der Waals surface area (Å²) in [6.07, 6.45) is 3.58. The molecule has 1 fully saturated rings. The predicted molar refractivity (Wildman–Crippen MR) is 70.6 cm³/mol. The molecule has 2 atom stereocenters. The molecule has 1 aromatic rings. The molecule has 1 heterocycles. The smallest absolute Gasteiger partial charge is 0.141 e. The van der Waals surface area contributed by atoms with E-state index >= 15 is 0 Å². The fourth-order valence-electron chi connectivity index (χ4n) is 2.39. The van der Waals surface area contributed by atoms with Crippen molar-refractivity contribution in [3.8, 4) is 0 Å². The summed E-state index contributed by atoms with van der Waals surface area (Å²) in [5.41, 5.74) is 6.74. The number of methoxy groups -OCH3 is 1. The second-order valence-electron chi connectivity index (χ2n) is 4.78. The highest BCUT2D eigenvalue weighted by Gasteiger charge is 2.26. The number of nitrogens with zero attached hydrogens (tertiary/aromatic N) is 2. The van der Waals surface area contributed by atoms with Gasteiger partial charge in [0.1, 0.15) is 11.6 Å². The number of nitrogen functional groups attached to an aromatic ring is 1. The Kier molecular flexibility index (Phi) is 3.99. The fourth-order valence-corrected chi connectivity index (χ4v) is 2.68. The molecule has 0 spiro atoms. The van der Waals surface area contributed by atoms with Gasteiger partial charge in [-0.2, -0.15) is 0 Å². The van der Waals surface area contributed by atoms with E-state index in [2.05, 4.69) is 32.8 Å². The molecule has 1 aromatic heterocycles. The summed E-state index contributed by atoms with van der Waals surface area (Å²) in [6, 6.07) is 0. The number of hydrogen-bond acceptors (Lipinski definition) is 4. The largest absolute Gasteiger partial charge is 0.383 e. The van der Waals surface area contributed by atoms with Gasteiger partial charge in [0.25, 0.3) is 0 Å². The molecule has 0 aliphatic heterocycles. The molecule has 4 nitrogen and oxygen atoms in total. The van der Waals surface area contributed by atoms with E-state index in [9.17, 15) is 0 Å². The highest BCUT2D eigenvalue weighted by Crippen LogP contribution is 2.37. The van der Waals surface area contributed by atoms with Crippen LogP contribution in [0.15, 0.2) is 4.47 Å². The van der Waals surface area contributed by atoms with E-state index in [1.165, 1.54) is 6.42 Å². The fraction of sp³-hybridized carbons (Fsp3) is 0.667. The van der Waals surface area contributed by atoms with Crippen molar-refractivity contribution in [3.63, 3.8) is 0 Å². The Morgan fingerprint density at radius 2 is 2.18 bits per heavy atom. The first kappa shape index (κ1) is 12.8. The maximum absolute atomic E-state index is 5.90. The van der Waals surface area contributed by atoms with Gasteiger partial charge in [-0.3, -0.25) is 0 Å². The maximum atomic E-state index is 5.90. The quantitative estimate of drug-likeness (QED) is 0.932. The van der Waals surface area contributed by atoms with Crippen LogP contribution in [0.3, 0.4) is 0 Å². The van der Waals surface area contributed by atoms with Crippen LogP contribution in [0.5, 0.6) is 0 Å². The van der Waals surface area contributed by atoms with Gasteiger partial charge in [-0.15, -0.1) is 0 Å². The topological polar surface area (TPSA) is 61.0 Å². The van der Waals surface area contributed by atoms with Crippen molar-refractivity contribution in [2.45, 2.75) is 38.7 Å². The lowest BCUT2D eigenvalue weighted by Crippen LogP contribution is -2.09. The lowest BCUT2D eigenvalue weighted by atomic mass is 10.1. The summed E-state index contributed by atoms with van der Waals surface area (Å²) < 4.78 is 5.89. The number of ether oxygens (including phenoxy) is 1. The second-order valence-corrected chi connectivity index (χ2v) is 5.57. The average molecular weight is 300 g/mol. The Balaban J connectivity index is 2.28. The number of aromatic nitrogens is 2. The number of halogens is 1. The molecular formula is C12H18BrN3O. The molecule has 0 radical (unpaired) electrons. The lowest BCUT2D eigenvalue weighted by molar-refractivity contribution is 0.180. The van der Waals surface area contributed by atoms with Gasteiger partial charge in [0.05, 0.1) is 16.8 Å². The van der Waals surface area contributed by atoms with Crippen LogP contribution in [-0.2, 0) is 11.3 Å². The Morgan fingerprint density at radius 3 is 2.76 bits per heavy atom. The van der Waals surface area contributed by atoms with Gasteiger partial charge in [0.15, 0.2) is 0 Å². The summed E-state index contributed by atoms with van der Waals surface area (Å²) in [5, 5.41) is 0. The van der Waals surface area contributed by atoms with Gasteiger partial charge in [-0.1, -0.05) is 6.92 Å². The summed E-state index contributed by atoms with van der Waals surface area (Å²) in [7, 11) is 1.65. The van der Waals surface area contributed by atoms with E-state index in [4.69, 9.17) is 10.5 Å². The predicted octanol–water partition coefficient (Wildman–Crippen LogP) is 2.87. The zero-order valence-electron chi connectivity index (χ0n) is 10.2. The standard InChI is InChI=1S/C12H18BrN3O/c1-7-3-4-8(5-7)12-15-9(6-17-2)10(13)11(14)16-12/h7-8H,3-6H2,1-2H3,(H2,14,15,16). The third kappa shape index (κ3) is 2.77. The highest BCUT2D eigenvalue weighted by molar-refractivity contribution is 9.10. The summed E-state index contributed by atoms with van der Waals surface area (Å²) >= 11 is 3.41. The lowest BCUT2D eigenvalue weighted by Gasteiger charge is -2.12. The second kappa shape index (κ2) is 5.31. The summed E-state index contributed by atoms with van der Waals surface area (Å²) in [4.78, 5) is 8.97. The molecule has 2 rings (SSSR count). The van der Waals surface area contributed by atoms with Gasteiger partial charge in [0, 0.05) is 13.0 Å². The Morgan fingerprint density at radius 1 is 1.41 bits per heavy atom. The van der Waals surface area contributed by atoms with Gasteiger partial charge in [-0.25, -0.2) is 9.97 Å². The minimum Gasteiger partial charge on any atom is -0.383 e.